The van der Waals surface area contributed by atoms with Gasteiger partial charge in [0.2, 0.25) is 0 Å². The summed E-state index contributed by atoms with van der Waals surface area (Å²) in [5.74, 6) is 0. The molecule has 0 spiro atoms. The molecule has 0 atom stereocenters. The number of rotatable bonds is 10. The van der Waals surface area contributed by atoms with Crippen LogP contribution in [0.2, 0.25) is 72.0 Å². The summed E-state index contributed by atoms with van der Waals surface area (Å²) in [5.41, 5.74) is 0. The van der Waals surface area contributed by atoms with Crippen molar-refractivity contribution in [2.24, 2.45) is 0 Å². The highest BCUT2D eigenvalue weighted by Crippen LogP contribution is 2.17. The number of hydrogen-bond donors (Lipinski definition) is 0. The van der Waals surface area contributed by atoms with Gasteiger partial charge in [-0.3, -0.25) is 0 Å². The zero-order chi connectivity index (χ0) is 17.8. The molecule has 131 valence electrons. The second-order valence-corrected chi connectivity index (χ2v) is 25.9. The first-order chi connectivity index (χ1) is 9.60. The average molecular weight is 414 g/mol. The maximum atomic E-state index is 6.18. The van der Waals surface area contributed by atoms with Gasteiger partial charge in [-0.15, -0.1) is 0 Å². The van der Waals surface area contributed by atoms with Crippen LogP contribution in [0.15, 0.2) is 0 Å². The fourth-order valence-electron chi connectivity index (χ4n) is 2.00. The van der Waals surface area contributed by atoms with Crippen molar-refractivity contribution in [2.45, 2.75) is 72.0 Å². The summed E-state index contributed by atoms with van der Waals surface area (Å²) in [6, 6.07) is 0. The molecule has 0 aromatic rings. The molecule has 0 amide bonds. The normalized spacial score (nSPS) is 14.5. The molecule has 0 saturated heterocycles. The summed E-state index contributed by atoms with van der Waals surface area (Å²) in [6.07, 6.45) is 0. The third-order valence-corrected chi connectivity index (χ3v) is 17.7. The van der Waals surface area contributed by atoms with Gasteiger partial charge >= 0.3 is 36.4 Å². The summed E-state index contributed by atoms with van der Waals surface area (Å²) in [6.45, 7) is 23.3. The Balaban J connectivity index is 4.28. The lowest BCUT2D eigenvalue weighted by atomic mass is 11.8. The second-order valence-electron chi connectivity index (χ2n) is 7.61. The molecular formula is C11H33O5Si6. The Labute approximate surface area is 145 Å². The first kappa shape index (κ1) is 23.1. The lowest BCUT2D eigenvalue weighted by Gasteiger charge is -2.33. The zero-order valence-electron chi connectivity index (χ0n) is 16.0. The van der Waals surface area contributed by atoms with E-state index in [4.69, 9.17) is 20.6 Å². The molecule has 0 heterocycles. The Hall–Kier alpha value is 1.10. The lowest BCUT2D eigenvalue weighted by Crippen LogP contribution is -2.49. The van der Waals surface area contributed by atoms with Crippen molar-refractivity contribution >= 4 is 53.0 Å². The number of hydrogen-bond acceptors (Lipinski definition) is 5. The van der Waals surface area contributed by atoms with Crippen molar-refractivity contribution in [1.82, 2.24) is 0 Å². The van der Waals surface area contributed by atoms with Crippen LogP contribution in [0.5, 0.6) is 0 Å². The van der Waals surface area contributed by atoms with Gasteiger partial charge in [0.25, 0.3) is 0 Å². The Bertz CT molecular complexity index is 330. The van der Waals surface area contributed by atoms with E-state index in [0.717, 1.165) is 0 Å². The van der Waals surface area contributed by atoms with Crippen molar-refractivity contribution in [1.29, 1.82) is 0 Å². The van der Waals surface area contributed by atoms with Crippen LogP contribution >= 0.6 is 0 Å². The van der Waals surface area contributed by atoms with Gasteiger partial charge in [-0.2, -0.15) is 0 Å². The molecule has 0 aromatic carbocycles. The van der Waals surface area contributed by atoms with Crippen LogP contribution in [0, 0.1) is 0 Å². The van der Waals surface area contributed by atoms with Gasteiger partial charge in [0.15, 0.2) is 16.6 Å². The van der Waals surface area contributed by atoms with Gasteiger partial charge in [-0.1, -0.05) is 0 Å². The second kappa shape index (κ2) is 8.98. The van der Waals surface area contributed by atoms with Gasteiger partial charge in [-0.05, 0) is 72.0 Å². The highest BCUT2D eigenvalue weighted by Gasteiger charge is 2.35. The minimum atomic E-state index is -2.12. The van der Waals surface area contributed by atoms with E-state index in [9.17, 15) is 0 Å². The molecule has 0 aliphatic carbocycles. The van der Waals surface area contributed by atoms with Crippen LogP contribution in [0.25, 0.3) is 0 Å². The highest BCUT2D eigenvalue weighted by molar-refractivity contribution is 6.84. The molecule has 11 heteroatoms. The standard InChI is InChI=1S/C11H33O5Si6/c1-17(12-18(2)14-20(4,5)6)13-19(3)15-22(10,11)16-21(7,8)9/h1-11H3. The van der Waals surface area contributed by atoms with Gasteiger partial charge in [0.05, 0.1) is 0 Å². The minimum absolute atomic E-state index is 1.23. The summed E-state index contributed by atoms with van der Waals surface area (Å²) < 4.78 is 30.2. The summed E-state index contributed by atoms with van der Waals surface area (Å²) >= 11 is 0. The fraction of sp³-hybridized carbons (Fsp3) is 1.00. The molecule has 0 aliphatic rings. The third-order valence-electron chi connectivity index (χ3n) is 1.97. The maximum absolute atomic E-state index is 6.18. The molecule has 0 rings (SSSR count). The summed E-state index contributed by atoms with van der Waals surface area (Å²) in [4.78, 5) is 0. The van der Waals surface area contributed by atoms with E-state index in [-0.39, 0.29) is 0 Å². The van der Waals surface area contributed by atoms with Gasteiger partial charge < -0.3 is 20.6 Å². The molecule has 0 bridgehead atoms. The van der Waals surface area contributed by atoms with Crippen molar-refractivity contribution in [2.75, 3.05) is 0 Å². The Morgan fingerprint density at radius 2 is 0.955 bits per heavy atom. The predicted molar refractivity (Wildman–Crippen MR) is 104 cm³/mol. The van der Waals surface area contributed by atoms with Crippen molar-refractivity contribution in [3.05, 3.63) is 0 Å². The molecule has 0 aliphatic heterocycles. The van der Waals surface area contributed by atoms with E-state index in [1.54, 1.807) is 0 Å². The van der Waals surface area contributed by atoms with Gasteiger partial charge in [0.1, 0.15) is 0 Å². The first-order valence-corrected chi connectivity index (χ1v) is 22.6. The minimum Gasteiger partial charge on any atom is -0.437 e. The van der Waals surface area contributed by atoms with Crippen LogP contribution in [0.4, 0.5) is 0 Å². The zero-order valence-corrected chi connectivity index (χ0v) is 22.0. The Morgan fingerprint density at radius 1 is 0.545 bits per heavy atom. The van der Waals surface area contributed by atoms with E-state index in [1.165, 1.54) is 0 Å². The van der Waals surface area contributed by atoms with Gasteiger partial charge in [0, 0.05) is 0 Å². The average Bonchev–Trinajstić information content (AvgIpc) is 2.05. The summed E-state index contributed by atoms with van der Waals surface area (Å²) in [5, 5.41) is 0. The maximum Gasteiger partial charge on any atom is 0.362 e. The first-order valence-electron chi connectivity index (χ1n) is 7.54. The predicted octanol–water partition coefficient (Wildman–Crippen LogP) is 3.80. The molecular weight excluding hydrogens is 381 g/mol. The van der Waals surface area contributed by atoms with E-state index in [0.29, 0.717) is 0 Å². The largest absolute Gasteiger partial charge is 0.437 e. The molecule has 5 nitrogen and oxygen atoms in total. The van der Waals surface area contributed by atoms with E-state index in [1.807, 2.05) is 19.6 Å². The quantitative estimate of drug-likeness (QED) is 0.510. The molecule has 0 fully saturated rings. The van der Waals surface area contributed by atoms with E-state index < -0.39 is 53.0 Å². The monoisotopic (exact) mass is 413 g/mol. The SMILES string of the molecule is C[Si](O[Si](C)O[Si](C)(C)C)O[Si](C)O[Si](C)(C)O[Si](C)(C)C. The molecule has 0 saturated carbocycles. The smallest absolute Gasteiger partial charge is 0.362 e. The Kier molecular flexibility index (Phi) is 9.43. The van der Waals surface area contributed by atoms with Crippen LogP contribution in [-0.2, 0) is 20.6 Å². The topological polar surface area (TPSA) is 46.2 Å². The molecule has 0 aromatic heterocycles. The lowest BCUT2D eigenvalue weighted by molar-refractivity contribution is 0.323. The molecule has 0 N–H and O–H groups in total. The van der Waals surface area contributed by atoms with Crippen LogP contribution in [0.1, 0.15) is 0 Å². The van der Waals surface area contributed by atoms with Crippen molar-refractivity contribution in [3.8, 4) is 0 Å². The molecule has 22 heavy (non-hydrogen) atoms. The van der Waals surface area contributed by atoms with Crippen LogP contribution < -0.4 is 0 Å². The highest BCUT2D eigenvalue weighted by atomic mass is 28.5. The van der Waals surface area contributed by atoms with E-state index in [2.05, 4.69) is 52.4 Å². The third kappa shape index (κ3) is 13.5. The van der Waals surface area contributed by atoms with Crippen LogP contribution in [0.3, 0.4) is 0 Å². The summed E-state index contributed by atoms with van der Waals surface area (Å²) in [7, 11) is -9.17. The Morgan fingerprint density at radius 3 is 1.32 bits per heavy atom. The van der Waals surface area contributed by atoms with E-state index >= 15 is 0 Å². The van der Waals surface area contributed by atoms with Crippen LogP contribution in [-0.4, -0.2) is 53.0 Å². The fourth-order valence-corrected chi connectivity index (χ4v) is 19.5. The van der Waals surface area contributed by atoms with Crippen molar-refractivity contribution < 1.29 is 20.6 Å². The van der Waals surface area contributed by atoms with Crippen molar-refractivity contribution in [3.63, 3.8) is 0 Å². The molecule has 3 radical (unpaired) electrons. The van der Waals surface area contributed by atoms with Gasteiger partial charge in [-0.25, -0.2) is 0 Å². The molecule has 0 unspecified atom stereocenters.